The number of hydrogen-bond acceptors (Lipinski definition) is 4. The molecule has 1 N–H and O–H groups in total. The quantitative estimate of drug-likeness (QED) is 0.302. The molecule has 0 aliphatic carbocycles. The third-order valence-electron chi connectivity index (χ3n) is 2.71. The molecule has 20 heavy (non-hydrogen) atoms. The van der Waals surface area contributed by atoms with Crippen LogP contribution in [0.5, 0.6) is 0 Å². The van der Waals surface area contributed by atoms with Crippen molar-refractivity contribution >= 4 is 11.3 Å². The van der Waals surface area contributed by atoms with Crippen LogP contribution in [-0.2, 0) is 0 Å². The predicted molar refractivity (Wildman–Crippen MR) is 70.4 cm³/mol. The Hall–Kier alpha value is -2.31. The van der Waals surface area contributed by atoms with Crippen molar-refractivity contribution in [2.24, 2.45) is 10.3 Å². The van der Waals surface area contributed by atoms with Crippen LogP contribution in [0, 0.1) is 16.8 Å². The molecule has 108 valence electrons. The molecular formula is C13H15F2N3O2. The molecule has 0 spiro atoms. The summed E-state index contributed by atoms with van der Waals surface area (Å²) >= 11 is 0. The number of hydrogen-bond donors (Lipinski definition) is 1. The number of hydroxylamine groups is 1. The van der Waals surface area contributed by atoms with E-state index >= 15 is 0 Å². The second kappa shape index (κ2) is 6.74. The van der Waals surface area contributed by atoms with Gasteiger partial charge in [-0.3, -0.25) is 0 Å². The molecule has 0 aromatic heterocycles. The van der Waals surface area contributed by atoms with E-state index in [0.717, 1.165) is 18.3 Å². The monoisotopic (exact) mass is 283 g/mol. The molecule has 0 radical (unpaired) electrons. The van der Waals surface area contributed by atoms with Crippen molar-refractivity contribution < 1.29 is 18.8 Å². The first-order valence-corrected chi connectivity index (χ1v) is 5.84. The van der Waals surface area contributed by atoms with E-state index in [2.05, 4.69) is 10.3 Å². The lowest BCUT2D eigenvalue weighted by atomic mass is 10.1. The van der Waals surface area contributed by atoms with Crippen molar-refractivity contribution in [2.75, 3.05) is 0 Å². The maximum atomic E-state index is 13.5. The maximum absolute atomic E-state index is 13.5. The molecule has 1 aromatic rings. The third-order valence-corrected chi connectivity index (χ3v) is 2.71. The van der Waals surface area contributed by atoms with Crippen molar-refractivity contribution in [3.05, 3.63) is 46.8 Å². The summed E-state index contributed by atoms with van der Waals surface area (Å²) in [5, 5.41) is 26.7. The van der Waals surface area contributed by atoms with Gasteiger partial charge in [-0.05, 0) is 38.0 Å². The van der Waals surface area contributed by atoms with E-state index in [1.165, 1.54) is 19.9 Å². The number of nitrogens with zero attached hydrogens (tertiary/aromatic N) is 3. The van der Waals surface area contributed by atoms with E-state index in [9.17, 15) is 14.0 Å². The van der Waals surface area contributed by atoms with Crippen molar-refractivity contribution in [3.8, 4) is 0 Å². The van der Waals surface area contributed by atoms with E-state index in [1.54, 1.807) is 6.92 Å². The molecule has 0 aliphatic rings. The van der Waals surface area contributed by atoms with Crippen LogP contribution in [0.4, 0.5) is 8.78 Å². The molecule has 7 heteroatoms. The smallest absolute Gasteiger partial charge is 0.213 e. The highest BCUT2D eigenvalue weighted by molar-refractivity contribution is 5.86. The van der Waals surface area contributed by atoms with E-state index in [4.69, 9.17) is 5.21 Å². The van der Waals surface area contributed by atoms with Gasteiger partial charge in [0.1, 0.15) is 11.6 Å². The fraction of sp³-hybridized carbons (Fsp3) is 0.308. The van der Waals surface area contributed by atoms with Crippen LogP contribution >= 0.6 is 0 Å². The van der Waals surface area contributed by atoms with Crippen LogP contribution in [0.1, 0.15) is 26.3 Å². The summed E-state index contributed by atoms with van der Waals surface area (Å²) in [6.45, 7) is 4.59. The van der Waals surface area contributed by atoms with Crippen molar-refractivity contribution in [2.45, 2.75) is 26.8 Å². The molecule has 0 fully saturated rings. The number of allylic oxidation sites excluding steroid dienone is 1. The Morgan fingerprint density at radius 1 is 1.40 bits per heavy atom. The van der Waals surface area contributed by atoms with Gasteiger partial charge in [-0.1, -0.05) is 10.0 Å². The van der Waals surface area contributed by atoms with Crippen LogP contribution in [0.25, 0.3) is 5.57 Å². The minimum atomic E-state index is -0.756. The zero-order chi connectivity index (χ0) is 15.3. The Bertz CT molecular complexity index is 583. The van der Waals surface area contributed by atoms with E-state index in [1.807, 2.05) is 0 Å². The van der Waals surface area contributed by atoms with Gasteiger partial charge in [-0.15, -0.1) is 0 Å². The molecule has 0 saturated heterocycles. The van der Waals surface area contributed by atoms with Crippen LogP contribution in [-0.4, -0.2) is 21.8 Å². The minimum absolute atomic E-state index is 0.114. The van der Waals surface area contributed by atoms with Gasteiger partial charge in [-0.25, -0.2) is 8.78 Å². The first-order chi connectivity index (χ1) is 9.35. The lowest BCUT2D eigenvalue weighted by molar-refractivity contribution is -0.459. The number of rotatable bonds is 4. The van der Waals surface area contributed by atoms with Gasteiger partial charge in [0.15, 0.2) is 6.04 Å². The highest BCUT2D eigenvalue weighted by atomic mass is 19.1. The number of oxime groups is 1. The summed E-state index contributed by atoms with van der Waals surface area (Å²) in [4.78, 5) is 0.261. The van der Waals surface area contributed by atoms with Gasteiger partial charge < -0.3 is 10.4 Å². The minimum Gasteiger partial charge on any atom is -0.595 e. The van der Waals surface area contributed by atoms with Crippen LogP contribution in [0.3, 0.4) is 0 Å². The molecule has 0 aliphatic heterocycles. The molecule has 5 nitrogen and oxygen atoms in total. The third kappa shape index (κ3) is 4.11. The van der Waals surface area contributed by atoms with Crippen molar-refractivity contribution in [1.29, 1.82) is 0 Å². The zero-order valence-corrected chi connectivity index (χ0v) is 11.3. The Morgan fingerprint density at radius 3 is 2.60 bits per heavy atom. The fourth-order valence-corrected chi connectivity index (χ4v) is 1.42. The van der Waals surface area contributed by atoms with Crippen molar-refractivity contribution in [1.82, 2.24) is 0 Å². The lowest BCUT2D eigenvalue weighted by Crippen LogP contribution is -2.13. The first kappa shape index (κ1) is 15.7. The Labute approximate surface area is 115 Å². The molecule has 1 atom stereocenters. The summed E-state index contributed by atoms with van der Waals surface area (Å²) < 4.78 is 26.3. The molecule has 0 saturated carbocycles. The summed E-state index contributed by atoms with van der Waals surface area (Å²) in [6.07, 6.45) is 1.07. The Balaban J connectivity index is 3.01. The first-order valence-electron chi connectivity index (χ1n) is 5.84. The highest BCUT2D eigenvalue weighted by Gasteiger charge is 2.11. The number of halogens is 2. The van der Waals surface area contributed by atoms with Gasteiger partial charge in [0.2, 0.25) is 6.20 Å². The SMILES string of the molecule is CC(=C[N+]([O-])=NC(C)C(C)=NO)c1ccc(F)cc1F. The van der Waals surface area contributed by atoms with E-state index < -0.39 is 17.7 Å². The normalized spacial score (nSPS) is 15.3. The van der Waals surface area contributed by atoms with Gasteiger partial charge in [0.05, 0.1) is 5.71 Å². The highest BCUT2D eigenvalue weighted by Crippen LogP contribution is 2.18. The van der Waals surface area contributed by atoms with Gasteiger partial charge in [0.25, 0.3) is 0 Å². The number of azo groups is 1. The second-order valence-electron chi connectivity index (χ2n) is 4.27. The molecule has 1 aromatic carbocycles. The molecular weight excluding hydrogens is 268 g/mol. The van der Waals surface area contributed by atoms with Gasteiger partial charge >= 0.3 is 0 Å². The summed E-state index contributed by atoms with van der Waals surface area (Å²) in [7, 11) is 0. The standard InChI is InChI=1S/C13H15F2N3O2/c1-8(12-5-4-11(14)6-13(12)15)7-18(20)16-9(2)10(3)17-19/h4-7,9,19H,1-3H3. The summed E-state index contributed by atoms with van der Waals surface area (Å²) in [5.74, 6) is -1.44. The van der Waals surface area contributed by atoms with Gasteiger partial charge in [0, 0.05) is 17.2 Å². The average Bonchev–Trinajstić information content (AvgIpc) is 2.37. The van der Waals surface area contributed by atoms with E-state index in [0.29, 0.717) is 5.57 Å². The second-order valence-corrected chi connectivity index (χ2v) is 4.27. The Kier molecular flexibility index (Phi) is 5.31. The van der Waals surface area contributed by atoms with Crippen LogP contribution < -0.4 is 0 Å². The van der Waals surface area contributed by atoms with Gasteiger partial charge in [-0.2, -0.15) is 0 Å². The lowest BCUT2D eigenvalue weighted by Gasteiger charge is -2.04. The van der Waals surface area contributed by atoms with Crippen molar-refractivity contribution in [3.63, 3.8) is 0 Å². The average molecular weight is 283 g/mol. The van der Waals surface area contributed by atoms with Crippen LogP contribution in [0.15, 0.2) is 34.7 Å². The predicted octanol–water partition coefficient (Wildman–Crippen LogP) is 3.53. The topological polar surface area (TPSA) is 71.0 Å². The maximum Gasteiger partial charge on any atom is 0.213 e. The van der Waals surface area contributed by atoms with Crippen LogP contribution in [0.2, 0.25) is 0 Å². The molecule has 0 heterocycles. The summed E-state index contributed by atoms with van der Waals surface area (Å²) in [6, 6.07) is 2.48. The largest absolute Gasteiger partial charge is 0.595 e. The zero-order valence-electron chi connectivity index (χ0n) is 11.3. The molecule has 1 unspecified atom stereocenters. The molecule has 1 rings (SSSR count). The fourth-order valence-electron chi connectivity index (χ4n) is 1.42. The molecule has 0 bridgehead atoms. The number of benzene rings is 1. The molecule has 0 amide bonds. The summed E-state index contributed by atoms with van der Waals surface area (Å²) in [5.41, 5.74) is 0.680. The van der Waals surface area contributed by atoms with E-state index in [-0.39, 0.29) is 16.1 Å². The Morgan fingerprint density at radius 2 is 2.05 bits per heavy atom.